The first-order valence-corrected chi connectivity index (χ1v) is 16.5. The van der Waals surface area contributed by atoms with Crippen LogP contribution in [0, 0.1) is 11.8 Å². The first kappa shape index (κ1) is 34.4. The molecule has 0 saturated carbocycles. The van der Waals surface area contributed by atoms with E-state index in [0.717, 1.165) is 12.0 Å². The summed E-state index contributed by atoms with van der Waals surface area (Å²) in [4.78, 5) is 40.8. The van der Waals surface area contributed by atoms with Gasteiger partial charge in [0, 0.05) is 29.0 Å². The highest BCUT2D eigenvalue weighted by Crippen LogP contribution is 2.55. The Labute approximate surface area is 277 Å². The van der Waals surface area contributed by atoms with Crippen LogP contribution in [-0.2, 0) is 20.7 Å². The van der Waals surface area contributed by atoms with Crippen LogP contribution in [0.1, 0.15) is 109 Å². The van der Waals surface area contributed by atoms with Gasteiger partial charge in [0.2, 0.25) is 0 Å². The van der Waals surface area contributed by atoms with E-state index >= 15 is 0 Å². The molecule has 1 aliphatic carbocycles. The molecule has 0 radical (unpaired) electrons. The van der Waals surface area contributed by atoms with E-state index in [1.54, 1.807) is 6.08 Å². The monoisotopic (exact) mass is 644 g/mol. The van der Waals surface area contributed by atoms with Gasteiger partial charge in [-0.05, 0) is 99.1 Å². The van der Waals surface area contributed by atoms with Crippen LogP contribution in [0.5, 0.6) is 17.2 Å². The van der Waals surface area contributed by atoms with Crippen molar-refractivity contribution in [2.45, 2.75) is 117 Å². The third-order valence-corrected chi connectivity index (χ3v) is 10.2. The maximum absolute atomic E-state index is 14.6. The normalized spacial score (nSPS) is 28.8. The van der Waals surface area contributed by atoms with E-state index in [9.17, 15) is 24.6 Å². The number of aliphatic carboxylic acids is 1. The predicted octanol–water partition coefficient (Wildman–Crippen LogP) is 7.88. The number of phenolic OH excluding ortho intramolecular Hbond substituents is 1. The molecule has 3 heterocycles. The number of carboxylic acids is 1. The van der Waals surface area contributed by atoms with E-state index < -0.39 is 40.6 Å². The van der Waals surface area contributed by atoms with Gasteiger partial charge in [-0.2, -0.15) is 0 Å². The van der Waals surface area contributed by atoms with Gasteiger partial charge in [-0.1, -0.05) is 42.4 Å². The van der Waals surface area contributed by atoms with Gasteiger partial charge in [-0.25, -0.2) is 4.79 Å². The van der Waals surface area contributed by atoms with Crippen molar-refractivity contribution in [3.05, 3.63) is 69.4 Å². The van der Waals surface area contributed by atoms with Gasteiger partial charge in [-0.15, -0.1) is 0 Å². The van der Waals surface area contributed by atoms with Crippen LogP contribution in [-0.4, -0.2) is 50.7 Å². The van der Waals surface area contributed by atoms with Crippen LogP contribution in [0.15, 0.2) is 52.7 Å². The van der Waals surface area contributed by atoms with E-state index in [-0.39, 0.29) is 46.3 Å². The minimum atomic E-state index is -1.67. The van der Waals surface area contributed by atoms with Crippen molar-refractivity contribution in [1.82, 2.24) is 0 Å². The quantitative estimate of drug-likeness (QED) is 0.217. The Morgan fingerprint density at radius 2 is 1.70 bits per heavy atom. The molecule has 0 amide bonds. The summed E-state index contributed by atoms with van der Waals surface area (Å²) in [5.41, 5.74) is 0.465. The molecule has 5 atom stereocenters. The largest absolute Gasteiger partial charge is 0.506 e. The van der Waals surface area contributed by atoms with Gasteiger partial charge in [0.1, 0.15) is 28.4 Å². The molecule has 8 nitrogen and oxygen atoms in total. The van der Waals surface area contributed by atoms with Crippen molar-refractivity contribution < 1.29 is 38.8 Å². The first-order chi connectivity index (χ1) is 21.9. The lowest BCUT2D eigenvalue weighted by Gasteiger charge is -2.47. The molecular formula is C39H48O8. The highest BCUT2D eigenvalue weighted by Gasteiger charge is 2.62. The van der Waals surface area contributed by atoms with Crippen molar-refractivity contribution in [3.63, 3.8) is 0 Å². The van der Waals surface area contributed by atoms with Gasteiger partial charge in [0.15, 0.2) is 23.3 Å². The van der Waals surface area contributed by atoms with E-state index in [1.165, 1.54) is 18.6 Å². The lowest BCUT2D eigenvalue weighted by molar-refractivity contribution is -0.191. The molecule has 8 heteroatoms. The topological polar surface area (TPSA) is 119 Å². The molecule has 1 fully saturated rings. The Balaban J connectivity index is 1.73. The van der Waals surface area contributed by atoms with Crippen LogP contribution in [0.25, 0.3) is 6.08 Å². The second kappa shape index (κ2) is 12.3. The SMILES string of the molecule is CC(C)=CCCC1(C)C=Cc2c(O)c3c(c(CC=C(C)C)c2O1)OC1C(=CC2CC(C)C(C)(C)OC1(C/C=C(/C)C(=O)O)C2=O)C3=O. The summed E-state index contributed by atoms with van der Waals surface area (Å²) in [6.45, 7) is 17.4. The molecule has 5 unspecified atom stereocenters. The molecule has 4 aliphatic rings. The Morgan fingerprint density at radius 1 is 1.02 bits per heavy atom. The van der Waals surface area contributed by atoms with Crippen LogP contribution in [0.3, 0.4) is 0 Å². The van der Waals surface area contributed by atoms with E-state index in [0.29, 0.717) is 36.1 Å². The Bertz CT molecular complexity index is 1680. The molecule has 2 N–H and O–H groups in total. The summed E-state index contributed by atoms with van der Waals surface area (Å²) in [6, 6.07) is 0. The predicted molar refractivity (Wildman–Crippen MR) is 181 cm³/mol. The molecule has 1 saturated heterocycles. The molecule has 0 aromatic heterocycles. The third-order valence-electron chi connectivity index (χ3n) is 10.2. The molecule has 252 valence electrons. The zero-order chi connectivity index (χ0) is 34.6. The lowest BCUT2D eigenvalue weighted by Crippen LogP contribution is -2.62. The van der Waals surface area contributed by atoms with Gasteiger partial charge in [0.25, 0.3) is 0 Å². The maximum Gasteiger partial charge on any atom is 0.330 e. The number of fused-ring (bicyclic) bond motifs is 6. The molecule has 1 aromatic carbocycles. The molecule has 0 spiro atoms. The summed E-state index contributed by atoms with van der Waals surface area (Å²) in [5, 5.41) is 21.4. The summed E-state index contributed by atoms with van der Waals surface area (Å²) >= 11 is 0. The van der Waals surface area contributed by atoms with Crippen LogP contribution in [0.4, 0.5) is 0 Å². The van der Waals surface area contributed by atoms with E-state index in [2.05, 4.69) is 19.9 Å². The molecular weight excluding hydrogens is 596 g/mol. The fourth-order valence-corrected chi connectivity index (χ4v) is 7.02. The van der Waals surface area contributed by atoms with Gasteiger partial charge >= 0.3 is 5.97 Å². The number of phenols is 1. The van der Waals surface area contributed by atoms with Crippen molar-refractivity contribution >= 4 is 23.6 Å². The van der Waals surface area contributed by atoms with Gasteiger partial charge in [0.05, 0.1) is 11.2 Å². The molecule has 1 aromatic rings. The number of ketones is 2. The Morgan fingerprint density at radius 3 is 2.34 bits per heavy atom. The van der Waals surface area contributed by atoms with Crippen LogP contribution in [0.2, 0.25) is 0 Å². The van der Waals surface area contributed by atoms with Crippen molar-refractivity contribution in [2.24, 2.45) is 11.8 Å². The highest BCUT2D eigenvalue weighted by molar-refractivity contribution is 6.17. The van der Waals surface area contributed by atoms with Gasteiger partial charge in [-0.3, -0.25) is 9.59 Å². The number of allylic oxidation sites excluding steroid dienone is 5. The molecule has 3 aliphatic heterocycles. The second-order valence-corrected chi connectivity index (χ2v) is 14.9. The molecule has 5 rings (SSSR count). The number of hydrogen-bond acceptors (Lipinski definition) is 7. The van der Waals surface area contributed by atoms with Crippen molar-refractivity contribution in [1.29, 1.82) is 0 Å². The number of hydrogen-bond donors (Lipinski definition) is 2. The molecule has 2 bridgehead atoms. The fraction of sp³-hybridized carbons (Fsp3) is 0.513. The second-order valence-electron chi connectivity index (χ2n) is 14.9. The number of rotatable bonds is 8. The number of Topliss-reactive ketones (excluding diaryl/α,β-unsaturated/α-hetero) is 2. The summed E-state index contributed by atoms with van der Waals surface area (Å²) in [5.74, 6) is -2.11. The summed E-state index contributed by atoms with van der Waals surface area (Å²) < 4.78 is 20.3. The average molecular weight is 645 g/mol. The lowest BCUT2D eigenvalue weighted by atomic mass is 9.69. The van der Waals surface area contributed by atoms with Crippen LogP contribution < -0.4 is 9.47 Å². The minimum absolute atomic E-state index is 0.0376. The minimum Gasteiger partial charge on any atom is -0.506 e. The fourth-order valence-electron chi connectivity index (χ4n) is 7.02. The molecule has 47 heavy (non-hydrogen) atoms. The third kappa shape index (κ3) is 6.13. The number of benzene rings is 1. The number of carboxylic acid groups (broad SMARTS) is 1. The standard InChI is InChI=1S/C39H48O8/c1-21(2)11-10-16-38(9)17-15-26-30(40)29-31(41)28-20-25-19-24(6)37(7,8)47-39(34(25)42,18-14-23(5)36(43)44)35(28)45-33(29)27(32(26)46-38)13-12-22(3)4/h11-12,14-15,17,20,24-25,35,40H,10,13,16,18-19H2,1-9H3,(H,43,44)/b23-14-. The number of aromatic hydroxyl groups is 1. The summed E-state index contributed by atoms with van der Waals surface area (Å²) in [7, 11) is 0. The Hall–Kier alpha value is -3.91. The number of carbonyl (C=O) groups is 3. The van der Waals surface area contributed by atoms with E-state index in [1.807, 2.05) is 59.8 Å². The smallest absolute Gasteiger partial charge is 0.330 e. The number of ether oxygens (including phenoxy) is 3. The van der Waals surface area contributed by atoms with Gasteiger partial charge < -0.3 is 24.4 Å². The van der Waals surface area contributed by atoms with Crippen LogP contribution >= 0.6 is 0 Å². The van der Waals surface area contributed by atoms with E-state index in [4.69, 9.17) is 14.2 Å². The summed E-state index contributed by atoms with van der Waals surface area (Å²) in [6.07, 6.45) is 12.1. The zero-order valence-corrected chi connectivity index (χ0v) is 29.1. The van der Waals surface area contributed by atoms with Crippen molar-refractivity contribution in [2.75, 3.05) is 0 Å². The Kier molecular flexibility index (Phi) is 8.99. The average Bonchev–Trinajstić information content (AvgIpc) is 3.01. The first-order valence-electron chi connectivity index (χ1n) is 16.5. The van der Waals surface area contributed by atoms with Crippen molar-refractivity contribution in [3.8, 4) is 17.2 Å². The highest BCUT2D eigenvalue weighted by atomic mass is 16.6. The number of carbonyl (C=O) groups excluding carboxylic acids is 2. The zero-order valence-electron chi connectivity index (χ0n) is 29.1. The maximum atomic E-state index is 14.6.